The van der Waals surface area contributed by atoms with Crippen LogP contribution in [-0.2, 0) is 6.54 Å². The fourth-order valence-corrected chi connectivity index (χ4v) is 2.85. The molecule has 1 fully saturated rings. The highest BCUT2D eigenvalue weighted by atomic mass is 16.2. The first-order chi connectivity index (χ1) is 11.7. The normalized spacial score (nSPS) is 16.5. The van der Waals surface area contributed by atoms with E-state index in [4.69, 9.17) is 0 Å². The molecule has 3 rings (SSSR count). The molecule has 128 valence electrons. The molecule has 1 N–H and O–H groups in total. The molecular weight excluding hydrogens is 306 g/mol. The van der Waals surface area contributed by atoms with Crippen LogP contribution in [0.15, 0.2) is 37.1 Å². The van der Waals surface area contributed by atoms with Crippen molar-refractivity contribution >= 4 is 11.8 Å². The van der Waals surface area contributed by atoms with E-state index < -0.39 is 0 Å². The number of pyridine rings is 1. The second kappa shape index (κ2) is 7.76. The number of anilines is 1. The van der Waals surface area contributed by atoms with Crippen molar-refractivity contribution in [2.75, 3.05) is 31.1 Å². The van der Waals surface area contributed by atoms with Crippen LogP contribution < -0.4 is 10.2 Å². The molecule has 1 atom stereocenters. The van der Waals surface area contributed by atoms with Gasteiger partial charge >= 0.3 is 6.03 Å². The van der Waals surface area contributed by atoms with Gasteiger partial charge in [-0.25, -0.2) is 14.8 Å². The van der Waals surface area contributed by atoms with Gasteiger partial charge in [-0.1, -0.05) is 6.07 Å². The zero-order valence-electron chi connectivity index (χ0n) is 13.9. The van der Waals surface area contributed by atoms with E-state index in [1.807, 2.05) is 30.0 Å². The van der Waals surface area contributed by atoms with Gasteiger partial charge in [0.05, 0.1) is 6.54 Å². The lowest BCUT2D eigenvalue weighted by atomic mass is 10.3. The second-order valence-electron chi connectivity index (χ2n) is 5.98. The predicted octanol–water partition coefficient (Wildman–Crippen LogP) is 0.983. The third-order valence-electron chi connectivity index (χ3n) is 4.05. The van der Waals surface area contributed by atoms with E-state index >= 15 is 0 Å². The Hall–Kier alpha value is -2.64. The van der Waals surface area contributed by atoms with Crippen LogP contribution in [0.3, 0.4) is 0 Å². The number of aromatic nitrogens is 4. The number of hydrogen-bond acceptors (Lipinski definition) is 5. The smallest absolute Gasteiger partial charge is 0.317 e. The Bertz CT molecular complexity index is 631. The summed E-state index contributed by atoms with van der Waals surface area (Å²) in [5.74, 6) is 0.972. The summed E-state index contributed by atoms with van der Waals surface area (Å²) in [7, 11) is 0. The van der Waals surface area contributed by atoms with Crippen molar-refractivity contribution < 1.29 is 4.79 Å². The third-order valence-corrected chi connectivity index (χ3v) is 4.05. The SMILES string of the molecule is C[C@H](Cn1cncn1)NC(=O)N1CCCN(c2ccccn2)CC1. The highest BCUT2D eigenvalue weighted by Crippen LogP contribution is 2.12. The van der Waals surface area contributed by atoms with Crippen LogP contribution in [0.2, 0.25) is 0 Å². The molecule has 1 aliphatic rings. The fraction of sp³-hybridized carbons (Fsp3) is 0.500. The lowest BCUT2D eigenvalue weighted by Gasteiger charge is -2.24. The molecule has 0 bridgehead atoms. The Balaban J connectivity index is 1.51. The molecule has 8 nitrogen and oxygen atoms in total. The summed E-state index contributed by atoms with van der Waals surface area (Å²) in [6, 6.07) is 5.89. The average Bonchev–Trinajstić information content (AvgIpc) is 2.96. The molecule has 8 heteroatoms. The van der Waals surface area contributed by atoms with Crippen molar-refractivity contribution in [3.8, 4) is 0 Å². The fourth-order valence-electron chi connectivity index (χ4n) is 2.85. The van der Waals surface area contributed by atoms with Gasteiger partial charge in [-0.15, -0.1) is 0 Å². The van der Waals surface area contributed by atoms with Crippen LogP contribution in [0.1, 0.15) is 13.3 Å². The largest absolute Gasteiger partial charge is 0.355 e. The summed E-state index contributed by atoms with van der Waals surface area (Å²) >= 11 is 0. The highest BCUT2D eigenvalue weighted by Gasteiger charge is 2.20. The molecule has 2 amide bonds. The Kier molecular flexibility index (Phi) is 5.25. The summed E-state index contributed by atoms with van der Waals surface area (Å²) in [6.45, 7) is 5.73. The Morgan fingerprint density at radius 2 is 2.21 bits per heavy atom. The third kappa shape index (κ3) is 4.21. The molecule has 0 unspecified atom stereocenters. The lowest BCUT2D eigenvalue weighted by molar-refractivity contribution is 0.196. The number of hydrogen-bond donors (Lipinski definition) is 1. The molecule has 0 spiro atoms. The van der Waals surface area contributed by atoms with E-state index in [0.717, 1.165) is 31.9 Å². The molecule has 0 aliphatic carbocycles. The molecule has 0 radical (unpaired) electrons. The van der Waals surface area contributed by atoms with Gasteiger partial charge in [-0.3, -0.25) is 4.68 Å². The van der Waals surface area contributed by atoms with E-state index in [9.17, 15) is 4.79 Å². The van der Waals surface area contributed by atoms with Gasteiger partial charge in [-0.05, 0) is 25.5 Å². The number of nitrogens with zero attached hydrogens (tertiary/aromatic N) is 6. The maximum absolute atomic E-state index is 12.5. The van der Waals surface area contributed by atoms with Gasteiger partial charge < -0.3 is 15.1 Å². The van der Waals surface area contributed by atoms with Gasteiger partial charge in [0.2, 0.25) is 0 Å². The molecule has 1 saturated heterocycles. The number of carbonyl (C=O) groups excluding carboxylic acids is 1. The topological polar surface area (TPSA) is 79.2 Å². The first-order valence-corrected chi connectivity index (χ1v) is 8.26. The maximum atomic E-state index is 12.5. The quantitative estimate of drug-likeness (QED) is 0.905. The number of nitrogens with one attached hydrogen (secondary N) is 1. The molecule has 2 aromatic heterocycles. The zero-order chi connectivity index (χ0) is 16.8. The zero-order valence-corrected chi connectivity index (χ0v) is 13.9. The van der Waals surface area contributed by atoms with Gasteiger partial charge in [-0.2, -0.15) is 5.10 Å². The van der Waals surface area contributed by atoms with E-state index in [0.29, 0.717) is 13.1 Å². The summed E-state index contributed by atoms with van der Waals surface area (Å²) in [5.41, 5.74) is 0. The van der Waals surface area contributed by atoms with E-state index in [-0.39, 0.29) is 12.1 Å². The minimum Gasteiger partial charge on any atom is -0.355 e. The molecule has 3 heterocycles. The van der Waals surface area contributed by atoms with Crippen LogP contribution >= 0.6 is 0 Å². The Morgan fingerprint density at radius 3 is 2.96 bits per heavy atom. The monoisotopic (exact) mass is 329 g/mol. The van der Waals surface area contributed by atoms with Crippen LogP contribution in [0.25, 0.3) is 0 Å². The van der Waals surface area contributed by atoms with E-state index in [1.54, 1.807) is 17.2 Å². The summed E-state index contributed by atoms with van der Waals surface area (Å²) in [4.78, 5) is 24.9. The van der Waals surface area contributed by atoms with E-state index in [1.165, 1.54) is 6.33 Å². The van der Waals surface area contributed by atoms with Gasteiger partial charge in [0.25, 0.3) is 0 Å². The first-order valence-electron chi connectivity index (χ1n) is 8.26. The second-order valence-corrected chi connectivity index (χ2v) is 5.98. The minimum absolute atomic E-state index is 0.00524. The highest BCUT2D eigenvalue weighted by molar-refractivity contribution is 5.74. The summed E-state index contributed by atoms with van der Waals surface area (Å²) in [5, 5.41) is 7.10. The number of amides is 2. The van der Waals surface area contributed by atoms with Crippen molar-refractivity contribution in [3.05, 3.63) is 37.1 Å². The molecular formula is C16H23N7O. The van der Waals surface area contributed by atoms with Gasteiger partial charge in [0, 0.05) is 38.4 Å². The first kappa shape index (κ1) is 16.2. The lowest BCUT2D eigenvalue weighted by Crippen LogP contribution is -2.46. The van der Waals surface area contributed by atoms with Crippen LogP contribution in [0.5, 0.6) is 0 Å². The van der Waals surface area contributed by atoms with Gasteiger partial charge in [0.15, 0.2) is 0 Å². The summed E-state index contributed by atoms with van der Waals surface area (Å²) in [6.07, 6.45) is 5.88. The van der Waals surface area contributed by atoms with Crippen LogP contribution in [-0.4, -0.2) is 62.9 Å². The molecule has 1 aliphatic heterocycles. The predicted molar refractivity (Wildman–Crippen MR) is 90.7 cm³/mol. The molecule has 24 heavy (non-hydrogen) atoms. The number of carbonyl (C=O) groups is 1. The number of urea groups is 1. The molecule has 0 aromatic carbocycles. The average molecular weight is 329 g/mol. The van der Waals surface area contributed by atoms with Crippen molar-refractivity contribution in [3.63, 3.8) is 0 Å². The maximum Gasteiger partial charge on any atom is 0.317 e. The molecule has 2 aromatic rings. The van der Waals surface area contributed by atoms with Crippen molar-refractivity contribution in [1.29, 1.82) is 0 Å². The van der Waals surface area contributed by atoms with Crippen molar-refractivity contribution in [2.45, 2.75) is 25.9 Å². The Labute approximate surface area is 141 Å². The summed E-state index contributed by atoms with van der Waals surface area (Å²) < 4.78 is 1.72. The van der Waals surface area contributed by atoms with Crippen molar-refractivity contribution in [2.24, 2.45) is 0 Å². The van der Waals surface area contributed by atoms with Gasteiger partial charge in [0.1, 0.15) is 18.5 Å². The van der Waals surface area contributed by atoms with E-state index in [2.05, 4.69) is 25.3 Å². The van der Waals surface area contributed by atoms with Crippen molar-refractivity contribution in [1.82, 2.24) is 30.0 Å². The van der Waals surface area contributed by atoms with Crippen LogP contribution in [0.4, 0.5) is 10.6 Å². The number of rotatable bonds is 4. The standard InChI is InChI=1S/C16H23N7O/c1-14(11-23-13-17-12-19-23)20-16(24)22-8-4-7-21(9-10-22)15-5-2-3-6-18-15/h2-3,5-6,12-14H,4,7-11H2,1H3,(H,20,24)/t14-/m1/s1. The Morgan fingerprint density at radius 1 is 1.29 bits per heavy atom. The minimum atomic E-state index is -0.0227. The van der Waals surface area contributed by atoms with Crippen LogP contribution in [0, 0.1) is 0 Å². The molecule has 0 saturated carbocycles.